The maximum Gasteiger partial charge on any atom is 0.121 e. The minimum absolute atomic E-state index is 0.285. The topological polar surface area (TPSA) is 33.0 Å². The normalized spacial score (nSPS) is 24.1. The van der Waals surface area contributed by atoms with Gasteiger partial charge in [0.05, 0.1) is 10.6 Å². The molecule has 0 unspecified atom stereocenters. The highest BCUT2D eigenvalue weighted by Crippen LogP contribution is 2.29. The fourth-order valence-electron chi connectivity index (χ4n) is 2.29. The first-order chi connectivity index (χ1) is 8.20. The van der Waals surface area contributed by atoms with Crippen molar-refractivity contribution >= 4 is 11.6 Å². The van der Waals surface area contributed by atoms with E-state index in [1.165, 1.54) is 19.3 Å². The number of ether oxygens (including phenoxy) is 1. The zero-order valence-corrected chi connectivity index (χ0v) is 10.7. The van der Waals surface area contributed by atoms with Crippen LogP contribution in [0.1, 0.15) is 38.2 Å². The fraction of sp³-hybridized carbons (Fsp3) is 0.500. The lowest BCUT2D eigenvalue weighted by Gasteiger charge is -2.29. The maximum atomic E-state index is 8.80. The molecule has 90 valence electrons. The quantitative estimate of drug-likeness (QED) is 0.788. The van der Waals surface area contributed by atoms with Crippen LogP contribution in [-0.4, -0.2) is 6.10 Å². The van der Waals surface area contributed by atoms with Gasteiger partial charge in [-0.25, -0.2) is 0 Å². The van der Waals surface area contributed by atoms with Crippen LogP contribution in [0.4, 0.5) is 0 Å². The van der Waals surface area contributed by atoms with Crippen molar-refractivity contribution in [1.82, 2.24) is 0 Å². The molecular weight excluding hydrogens is 234 g/mol. The smallest absolute Gasteiger partial charge is 0.121 e. The van der Waals surface area contributed by atoms with Crippen molar-refractivity contribution in [2.75, 3.05) is 0 Å². The summed E-state index contributed by atoms with van der Waals surface area (Å²) in [5.41, 5.74) is 0.496. The van der Waals surface area contributed by atoms with Crippen molar-refractivity contribution in [1.29, 1.82) is 5.26 Å². The molecule has 1 aromatic rings. The molecule has 0 radical (unpaired) electrons. The molecule has 1 aromatic carbocycles. The Morgan fingerprint density at radius 2 is 2.12 bits per heavy atom. The third-order valence-electron chi connectivity index (χ3n) is 3.38. The first-order valence-corrected chi connectivity index (χ1v) is 6.45. The van der Waals surface area contributed by atoms with Gasteiger partial charge in [0.1, 0.15) is 17.9 Å². The highest BCUT2D eigenvalue weighted by molar-refractivity contribution is 6.31. The van der Waals surface area contributed by atoms with Gasteiger partial charge in [0.15, 0.2) is 0 Å². The van der Waals surface area contributed by atoms with Crippen LogP contribution in [-0.2, 0) is 0 Å². The summed E-state index contributed by atoms with van der Waals surface area (Å²) in [4.78, 5) is 0. The van der Waals surface area contributed by atoms with Gasteiger partial charge in [-0.3, -0.25) is 0 Å². The van der Waals surface area contributed by atoms with Crippen molar-refractivity contribution in [2.24, 2.45) is 5.92 Å². The van der Waals surface area contributed by atoms with Gasteiger partial charge in [-0.15, -0.1) is 0 Å². The zero-order chi connectivity index (χ0) is 12.3. The van der Waals surface area contributed by atoms with Crippen LogP contribution in [0.2, 0.25) is 5.02 Å². The molecule has 0 aromatic heterocycles. The molecule has 0 bridgehead atoms. The van der Waals surface area contributed by atoms with Crippen molar-refractivity contribution in [3.63, 3.8) is 0 Å². The van der Waals surface area contributed by atoms with E-state index >= 15 is 0 Å². The number of benzene rings is 1. The minimum atomic E-state index is 0.285. The number of halogens is 1. The molecule has 1 aliphatic carbocycles. The van der Waals surface area contributed by atoms with Gasteiger partial charge in [-0.1, -0.05) is 24.9 Å². The van der Waals surface area contributed by atoms with Crippen LogP contribution >= 0.6 is 11.6 Å². The van der Waals surface area contributed by atoms with E-state index in [9.17, 15) is 0 Å². The predicted octanol–water partition coefficient (Wildman–Crippen LogP) is 4.17. The second-order valence-electron chi connectivity index (χ2n) is 4.67. The molecule has 1 saturated carbocycles. The SMILES string of the molecule is C[C@@H]1CCCC[C@@H]1Oc1ccc(C#N)c(Cl)c1. The Kier molecular flexibility index (Phi) is 3.91. The number of hydrogen-bond donors (Lipinski definition) is 0. The Labute approximate surface area is 107 Å². The first kappa shape index (κ1) is 12.3. The number of nitriles is 1. The van der Waals surface area contributed by atoms with E-state index in [0.29, 0.717) is 16.5 Å². The standard InChI is InChI=1S/C14H16ClNO/c1-10-4-2-3-5-14(10)17-12-7-6-11(9-16)13(15)8-12/h6-8,10,14H,2-5H2,1H3/t10-,14+/m1/s1. The van der Waals surface area contributed by atoms with Gasteiger partial charge in [0, 0.05) is 6.07 Å². The highest BCUT2D eigenvalue weighted by atomic mass is 35.5. The van der Waals surface area contributed by atoms with E-state index in [2.05, 4.69) is 6.92 Å². The Balaban J connectivity index is 2.08. The monoisotopic (exact) mass is 249 g/mol. The second kappa shape index (κ2) is 5.42. The fourth-order valence-corrected chi connectivity index (χ4v) is 2.50. The molecule has 1 aliphatic rings. The summed E-state index contributed by atoms with van der Waals surface area (Å²) in [7, 11) is 0. The van der Waals surface area contributed by atoms with E-state index in [1.807, 2.05) is 12.1 Å². The summed E-state index contributed by atoms with van der Waals surface area (Å²) in [6.07, 6.45) is 5.16. The van der Waals surface area contributed by atoms with Gasteiger partial charge in [0.25, 0.3) is 0 Å². The van der Waals surface area contributed by atoms with Crippen LogP contribution < -0.4 is 4.74 Å². The molecule has 0 aliphatic heterocycles. The van der Waals surface area contributed by atoms with E-state index in [4.69, 9.17) is 21.6 Å². The van der Waals surface area contributed by atoms with Gasteiger partial charge in [0.2, 0.25) is 0 Å². The molecular formula is C14H16ClNO. The summed E-state index contributed by atoms with van der Waals surface area (Å²) in [5.74, 6) is 1.37. The minimum Gasteiger partial charge on any atom is -0.490 e. The van der Waals surface area contributed by atoms with Crippen molar-refractivity contribution in [3.05, 3.63) is 28.8 Å². The van der Waals surface area contributed by atoms with Crippen LogP contribution in [0.15, 0.2) is 18.2 Å². The molecule has 0 heterocycles. The Morgan fingerprint density at radius 3 is 2.76 bits per heavy atom. The molecule has 0 amide bonds. The summed E-state index contributed by atoms with van der Waals surface area (Å²) in [5, 5.41) is 9.26. The van der Waals surface area contributed by atoms with Crippen LogP contribution in [0.3, 0.4) is 0 Å². The number of rotatable bonds is 2. The van der Waals surface area contributed by atoms with Gasteiger partial charge >= 0.3 is 0 Å². The van der Waals surface area contributed by atoms with Crippen molar-refractivity contribution in [3.8, 4) is 11.8 Å². The first-order valence-electron chi connectivity index (χ1n) is 6.07. The molecule has 1 fully saturated rings. The second-order valence-corrected chi connectivity index (χ2v) is 5.08. The number of hydrogen-bond acceptors (Lipinski definition) is 2. The summed E-state index contributed by atoms with van der Waals surface area (Å²) in [6, 6.07) is 7.32. The Bertz CT molecular complexity index is 438. The van der Waals surface area contributed by atoms with Crippen LogP contribution in [0.25, 0.3) is 0 Å². The third-order valence-corrected chi connectivity index (χ3v) is 3.69. The molecule has 0 spiro atoms. The summed E-state index contributed by atoms with van der Waals surface area (Å²) < 4.78 is 5.95. The van der Waals surface area contributed by atoms with E-state index in [-0.39, 0.29) is 6.10 Å². The lowest BCUT2D eigenvalue weighted by atomic mass is 9.88. The molecule has 2 atom stereocenters. The van der Waals surface area contributed by atoms with Crippen molar-refractivity contribution < 1.29 is 4.74 Å². The molecule has 0 N–H and O–H groups in total. The number of nitrogens with zero attached hydrogens (tertiary/aromatic N) is 1. The predicted molar refractivity (Wildman–Crippen MR) is 68.2 cm³/mol. The van der Waals surface area contributed by atoms with Crippen LogP contribution in [0, 0.1) is 17.2 Å². The lowest BCUT2D eigenvalue weighted by Crippen LogP contribution is -2.28. The van der Waals surface area contributed by atoms with Crippen LogP contribution in [0.5, 0.6) is 5.75 Å². The van der Waals surface area contributed by atoms with E-state index in [1.54, 1.807) is 12.1 Å². The van der Waals surface area contributed by atoms with Gasteiger partial charge in [-0.2, -0.15) is 5.26 Å². The molecule has 2 rings (SSSR count). The van der Waals surface area contributed by atoms with Gasteiger partial charge in [-0.05, 0) is 37.3 Å². The average Bonchev–Trinajstić information content (AvgIpc) is 2.32. The Morgan fingerprint density at radius 1 is 1.35 bits per heavy atom. The van der Waals surface area contributed by atoms with Crippen molar-refractivity contribution in [2.45, 2.75) is 38.7 Å². The largest absolute Gasteiger partial charge is 0.490 e. The molecule has 3 heteroatoms. The Hall–Kier alpha value is -1.20. The molecule has 17 heavy (non-hydrogen) atoms. The zero-order valence-electron chi connectivity index (χ0n) is 9.95. The third kappa shape index (κ3) is 2.92. The van der Waals surface area contributed by atoms with Gasteiger partial charge < -0.3 is 4.74 Å². The maximum absolute atomic E-state index is 8.80. The summed E-state index contributed by atoms with van der Waals surface area (Å²) >= 11 is 5.98. The van der Waals surface area contributed by atoms with E-state index < -0.39 is 0 Å². The molecule has 2 nitrogen and oxygen atoms in total. The van der Waals surface area contributed by atoms with E-state index in [0.717, 1.165) is 12.2 Å². The highest BCUT2D eigenvalue weighted by Gasteiger charge is 2.22. The lowest BCUT2D eigenvalue weighted by molar-refractivity contribution is 0.102. The average molecular weight is 250 g/mol. The summed E-state index contributed by atoms with van der Waals surface area (Å²) in [6.45, 7) is 2.23. The molecule has 0 saturated heterocycles.